The van der Waals surface area contributed by atoms with Crippen LogP contribution in [0.25, 0.3) is 0 Å². The number of hydrogen-bond donors (Lipinski definition) is 1. The maximum Gasteiger partial charge on any atom is 0.0872 e. The van der Waals surface area contributed by atoms with Crippen LogP contribution in [0, 0.1) is 0 Å². The highest BCUT2D eigenvalue weighted by Gasteiger charge is 2.42. The van der Waals surface area contributed by atoms with Crippen molar-refractivity contribution in [3.05, 3.63) is 35.4 Å². The second-order valence-corrected chi connectivity index (χ2v) is 5.96. The second-order valence-electron chi connectivity index (χ2n) is 5.96. The third kappa shape index (κ3) is 3.24. The van der Waals surface area contributed by atoms with Crippen LogP contribution in [0.3, 0.4) is 0 Å². The Morgan fingerprint density at radius 2 is 1.80 bits per heavy atom. The number of methoxy groups -OCH3 is 1. The van der Waals surface area contributed by atoms with Crippen LogP contribution >= 0.6 is 0 Å². The minimum absolute atomic E-state index is 0.0110. The number of nitrogens with one attached hydrogen (secondary N) is 1. The van der Waals surface area contributed by atoms with Gasteiger partial charge < -0.3 is 10.1 Å². The Morgan fingerprint density at radius 3 is 2.30 bits per heavy atom. The van der Waals surface area contributed by atoms with Crippen LogP contribution in [0.2, 0.25) is 0 Å². The lowest BCUT2D eigenvalue weighted by atomic mass is 9.86. The van der Waals surface area contributed by atoms with Crippen molar-refractivity contribution >= 4 is 0 Å². The molecule has 20 heavy (non-hydrogen) atoms. The van der Waals surface area contributed by atoms with Gasteiger partial charge in [-0.1, -0.05) is 51.0 Å². The normalized spacial score (nSPS) is 19.1. The summed E-state index contributed by atoms with van der Waals surface area (Å²) in [6.45, 7) is 5.47. The van der Waals surface area contributed by atoms with Gasteiger partial charge in [-0.2, -0.15) is 0 Å². The highest BCUT2D eigenvalue weighted by Crippen LogP contribution is 2.42. The summed E-state index contributed by atoms with van der Waals surface area (Å²) >= 11 is 0. The van der Waals surface area contributed by atoms with Crippen molar-refractivity contribution in [2.75, 3.05) is 13.7 Å². The van der Waals surface area contributed by atoms with Crippen LogP contribution in [0.4, 0.5) is 0 Å². The molecule has 2 rings (SSSR count). The molecule has 2 heteroatoms. The van der Waals surface area contributed by atoms with Gasteiger partial charge in [-0.15, -0.1) is 0 Å². The van der Waals surface area contributed by atoms with Crippen molar-refractivity contribution in [2.45, 2.75) is 64.0 Å². The van der Waals surface area contributed by atoms with Gasteiger partial charge in [0.1, 0.15) is 0 Å². The van der Waals surface area contributed by atoms with E-state index < -0.39 is 0 Å². The zero-order valence-corrected chi connectivity index (χ0v) is 13.2. The molecule has 0 aromatic heterocycles. The quantitative estimate of drug-likeness (QED) is 0.803. The molecule has 0 aliphatic heterocycles. The average molecular weight is 275 g/mol. The Balaban J connectivity index is 2.25. The number of rotatable bonds is 7. The standard InChI is InChI=1S/C18H29NO/c1-4-14-19-17(18(20-3)12-6-7-13-18)16-10-8-15(5-2)9-11-16/h8-11,17,19H,4-7,12-14H2,1-3H3. The average Bonchev–Trinajstić information content (AvgIpc) is 2.98. The summed E-state index contributed by atoms with van der Waals surface area (Å²) in [5, 5.41) is 3.73. The molecule has 1 fully saturated rings. The van der Waals surface area contributed by atoms with Crippen molar-refractivity contribution in [3.8, 4) is 0 Å². The minimum atomic E-state index is -0.0110. The van der Waals surface area contributed by atoms with E-state index in [2.05, 4.69) is 43.4 Å². The molecule has 1 N–H and O–H groups in total. The molecule has 1 aromatic rings. The van der Waals surface area contributed by atoms with Crippen LogP contribution < -0.4 is 5.32 Å². The Labute approximate surface area is 123 Å². The predicted molar refractivity (Wildman–Crippen MR) is 85.1 cm³/mol. The van der Waals surface area contributed by atoms with E-state index >= 15 is 0 Å². The summed E-state index contributed by atoms with van der Waals surface area (Å²) in [6, 6.07) is 9.40. The Morgan fingerprint density at radius 1 is 1.15 bits per heavy atom. The molecular weight excluding hydrogens is 246 g/mol. The van der Waals surface area contributed by atoms with Crippen LogP contribution in [0.1, 0.15) is 63.1 Å². The number of benzene rings is 1. The van der Waals surface area contributed by atoms with Crippen molar-refractivity contribution in [3.63, 3.8) is 0 Å². The highest BCUT2D eigenvalue weighted by molar-refractivity contribution is 5.27. The molecule has 1 saturated carbocycles. The SMILES string of the molecule is CCCNC(c1ccc(CC)cc1)C1(OC)CCCC1. The third-order valence-corrected chi connectivity index (χ3v) is 4.70. The van der Waals surface area contributed by atoms with Crippen molar-refractivity contribution < 1.29 is 4.74 Å². The molecule has 1 atom stereocenters. The Hall–Kier alpha value is -0.860. The highest BCUT2D eigenvalue weighted by atomic mass is 16.5. The molecule has 1 aliphatic carbocycles. The van der Waals surface area contributed by atoms with Gasteiger partial charge in [0.2, 0.25) is 0 Å². The summed E-state index contributed by atoms with van der Waals surface area (Å²) in [4.78, 5) is 0. The monoisotopic (exact) mass is 275 g/mol. The van der Waals surface area contributed by atoms with E-state index in [4.69, 9.17) is 4.74 Å². The molecule has 112 valence electrons. The number of hydrogen-bond acceptors (Lipinski definition) is 2. The fourth-order valence-corrected chi connectivity index (χ4v) is 3.43. The smallest absolute Gasteiger partial charge is 0.0872 e. The van der Waals surface area contributed by atoms with Crippen molar-refractivity contribution in [2.24, 2.45) is 0 Å². The first kappa shape index (κ1) is 15.5. The molecular formula is C18H29NO. The first-order valence-corrected chi connectivity index (χ1v) is 8.13. The van der Waals surface area contributed by atoms with Crippen LogP contribution in [-0.4, -0.2) is 19.3 Å². The van der Waals surface area contributed by atoms with Crippen molar-refractivity contribution in [1.29, 1.82) is 0 Å². The van der Waals surface area contributed by atoms with E-state index in [0.29, 0.717) is 6.04 Å². The van der Waals surface area contributed by atoms with E-state index in [1.165, 1.54) is 36.8 Å². The summed E-state index contributed by atoms with van der Waals surface area (Å²) in [5.41, 5.74) is 2.77. The largest absolute Gasteiger partial charge is 0.376 e. The first-order chi connectivity index (χ1) is 9.75. The lowest BCUT2D eigenvalue weighted by Crippen LogP contribution is -2.43. The topological polar surface area (TPSA) is 21.3 Å². The Kier molecular flexibility index (Phi) is 5.62. The van der Waals surface area contributed by atoms with E-state index in [9.17, 15) is 0 Å². The van der Waals surface area contributed by atoms with E-state index in [1.807, 2.05) is 7.11 Å². The lowest BCUT2D eigenvalue weighted by Gasteiger charge is -2.37. The summed E-state index contributed by atoms with van der Waals surface area (Å²) < 4.78 is 6.01. The molecule has 1 aliphatic rings. The van der Waals surface area contributed by atoms with E-state index in [0.717, 1.165) is 19.4 Å². The van der Waals surface area contributed by atoms with Crippen molar-refractivity contribution in [1.82, 2.24) is 5.32 Å². The third-order valence-electron chi connectivity index (χ3n) is 4.70. The maximum atomic E-state index is 6.01. The Bertz CT molecular complexity index is 392. The van der Waals surface area contributed by atoms with E-state index in [-0.39, 0.29) is 5.60 Å². The van der Waals surface area contributed by atoms with Crippen LogP contribution in [0.15, 0.2) is 24.3 Å². The molecule has 0 heterocycles. The zero-order chi connectivity index (χ0) is 14.4. The van der Waals surface area contributed by atoms with Gasteiger partial charge in [-0.05, 0) is 43.4 Å². The molecule has 0 amide bonds. The van der Waals surface area contributed by atoms with Gasteiger partial charge in [0.05, 0.1) is 11.6 Å². The van der Waals surface area contributed by atoms with Gasteiger partial charge in [0.25, 0.3) is 0 Å². The molecule has 0 saturated heterocycles. The molecule has 0 radical (unpaired) electrons. The molecule has 1 aromatic carbocycles. The molecule has 0 spiro atoms. The maximum absolute atomic E-state index is 6.01. The van der Waals surface area contributed by atoms with Gasteiger partial charge in [-0.3, -0.25) is 0 Å². The van der Waals surface area contributed by atoms with Gasteiger partial charge in [0.15, 0.2) is 0 Å². The molecule has 0 bridgehead atoms. The number of aryl methyl sites for hydroxylation is 1. The van der Waals surface area contributed by atoms with Gasteiger partial charge in [0, 0.05) is 7.11 Å². The zero-order valence-electron chi connectivity index (χ0n) is 13.2. The molecule has 2 nitrogen and oxygen atoms in total. The second kappa shape index (κ2) is 7.24. The lowest BCUT2D eigenvalue weighted by molar-refractivity contribution is -0.0367. The number of ether oxygens (including phenoxy) is 1. The molecule has 1 unspecified atom stereocenters. The first-order valence-electron chi connectivity index (χ1n) is 8.13. The fourth-order valence-electron chi connectivity index (χ4n) is 3.43. The summed E-state index contributed by atoms with van der Waals surface area (Å²) in [5.74, 6) is 0. The summed E-state index contributed by atoms with van der Waals surface area (Å²) in [7, 11) is 1.88. The van der Waals surface area contributed by atoms with Crippen LogP contribution in [-0.2, 0) is 11.2 Å². The van der Waals surface area contributed by atoms with E-state index in [1.54, 1.807) is 0 Å². The van der Waals surface area contributed by atoms with Gasteiger partial charge >= 0.3 is 0 Å². The summed E-state index contributed by atoms with van der Waals surface area (Å²) in [6.07, 6.45) is 7.16. The van der Waals surface area contributed by atoms with Gasteiger partial charge in [-0.25, -0.2) is 0 Å². The predicted octanol–water partition coefficient (Wildman–Crippen LogP) is 4.25. The van der Waals surface area contributed by atoms with Crippen LogP contribution in [0.5, 0.6) is 0 Å². The fraction of sp³-hybridized carbons (Fsp3) is 0.667. The minimum Gasteiger partial charge on any atom is -0.376 e.